The van der Waals surface area contributed by atoms with E-state index in [0.29, 0.717) is 6.42 Å². The van der Waals surface area contributed by atoms with E-state index in [9.17, 15) is 4.79 Å². The van der Waals surface area contributed by atoms with Crippen molar-refractivity contribution in [1.82, 2.24) is 5.43 Å². The van der Waals surface area contributed by atoms with Crippen LogP contribution in [0, 0.1) is 6.92 Å². The number of carbonyl (C=O) groups is 1. The van der Waals surface area contributed by atoms with Gasteiger partial charge in [0, 0.05) is 17.5 Å². The summed E-state index contributed by atoms with van der Waals surface area (Å²) in [4.78, 5) is 11.2. The van der Waals surface area contributed by atoms with Crippen LogP contribution in [0.5, 0.6) is 0 Å². The van der Waals surface area contributed by atoms with Crippen LogP contribution in [0.25, 0.3) is 0 Å². The molecular formula is C8H10N2O2S. The molecule has 0 spiro atoms. The van der Waals surface area contributed by atoms with E-state index >= 15 is 0 Å². The Labute approximate surface area is 79.9 Å². The van der Waals surface area contributed by atoms with E-state index in [4.69, 9.17) is 5.11 Å². The summed E-state index contributed by atoms with van der Waals surface area (Å²) in [5, 5.41) is 13.7. The second-order valence-electron chi connectivity index (χ2n) is 2.52. The summed E-state index contributed by atoms with van der Waals surface area (Å²) in [6, 6.07) is 2.05. The van der Waals surface area contributed by atoms with Crippen molar-refractivity contribution < 1.29 is 9.90 Å². The van der Waals surface area contributed by atoms with E-state index in [1.807, 2.05) is 17.7 Å². The molecule has 1 aromatic rings. The fraction of sp³-hybridized carbons (Fsp3) is 0.250. The summed E-state index contributed by atoms with van der Waals surface area (Å²) in [6.07, 6.45) is 1.07. The molecule has 0 atom stereocenters. The van der Waals surface area contributed by atoms with Crippen molar-refractivity contribution in [1.29, 1.82) is 0 Å². The Balaban J connectivity index is 2.34. The highest BCUT2D eigenvalue weighted by molar-refractivity contribution is 7.10. The molecule has 1 rings (SSSR count). The van der Waals surface area contributed by atoms with Crippen molar-refractivity contribution in [3.05, 3.63) is 21.9 Å². The van der Waals surface area contributed by atoms with Crippen LogP contribution in [0.15, 0.2) is 16.5 Å². The minimum absolute atomic E-state index is 0.665. The molecule has 5 heteroatoms. The fourth-order valence-corrected chi connectivity index (χ4v) is 1.66. The predicted molar refractivity (Wildman–Crippen MR) is 52.4 cm³/mol. The maximum Gasteiger partial charge on any atom is 0.425 e. The van der Waals surface area contributed by atoms with E-state index in [1.54, 1.807) is 17.6 Å². The second-order valence-corrected chi connectivity index (χ2v) is 3.52. The van der Waals surface area contributed by atoms with Gasteiger partial charge in [0.05, 0.1) is 0 Å². The second kappa shape index (κ2) is 4.61. The molecule has 0 saturated heterocycles. The van der Waals surface area contributed by atoms with Crippen LogP contribution in [-0.4, -0.2) is 17.4 Å². The van der Waals surface area contributed by atoms with Crippen LogP contribution in [0.1, 0.15) is 10.4 Å². The summed E-state index contributed by atoms with van der Waals surface area (Å²) < 4.78 is 0. The number of rotatable bonds is 3. The minimum atomic E-state index is -1.14. The number of nitrogens with zero attached hydrogens (tertiary/aromatic N) is 1. The topological polar surface area (TPSA) is 61.7 Å². The number of nitrogens with one attached hydrogen (secondary N) is 1. The minimum Gasteiger partial charge on any atom is -0.464 e. The average Bonchev–Trinajstić information content (AvgIpc) is 2.45. The Hall–Kier alpha value is -1.36. The number of hydrogen-bond acceptors (Lipinski definition) is 3. The van der Waals surface area contributed by atoms with Gasteiger partial charge >= 0.3 is 6.09 Å². The van der Waals surface area contributed by atoms with Crippen LogP contribution in [0.3, 0.4) is 0 Å². The third-order valence-corrected chi connectivity index (χ3v) is 2.41. The SMILES string of the molecule is Cc1csc(C/C=N/NC(=O)O)c1. The Kier molecular flexibility index (Phi) is 3.45. The zero-order valence-corrected chi connectivity index (χ0v) is 7.97. The van der Waals surface area contributed by atoms with Gasteiger partial charge in [-0.2, -0.15) is 5.10 Å². The zero-order chi connectivity index (χ0) is 9.68. The maximum absolute atomic E-state index is 9.99. The highest BCUT2D eigenvalue weighted by atomic mass is 32.1. The molecule has 0 bridgehead atoms. The predicted octanol–water partition coefficient (Wildman–Crippen LogP) is 1.85. The van der Waals surface area contributed by atoms with E-state index in [1.165, 1.54) is 10.4 Å². The molecule has 70 valence electrons. The first-order valence-electron chi connectivity index (χ1n) is 3.73. The van der Waals surface area contributed by atoms with E-state index in [0.717, 1.165) is 0 Å². The van der Waals surface area contributed by atoms with Crippen LogP contribution in [0.2, 0.25) is 0 Å². The Morgan fingerprint density at radius 2 is 2.62 bits per heavy atom. The Morgan fingerprint density at radius 3 is 3.15 bits per heavy atom. The van der Waals surface area contributed by atoms with Crippen LogP contribution in [-0.2, 0) is 6.42 Å². The van der Waals surface area contributed by atoms with Gasteiger partial charge < -0.3 is 5.11 Å². The smallest absolute Gasteiger partial charge is 0.425 e. The number of hydrazone groups is 1. The summed E-state index contributed by atoms with van der Waals surface area (Å²) in [6.45, 7) is 2.02. The third kappa shape index (κ3) is 3.71. The van der Waals surface area contributed by atoms with Gasteiger partial charge in [0.1, 0.15) is 0 Å². The lowest BCUT2D eigenvalue weighted by molar-refractivity contribution is 0.195. The monoisotopic (exact) mass is 198 g/mol. The van der Waals surface area contributed by atoms with Crippen LogP contribution < -0.4 is 5.43 Å². The molecule has 1 heterocycles. The number of carboxylic acid groups (broad SMARTS) is 1. The van der Waals surface area contributed by atoms with Gasteiger partial charge in [-0.3, -0.25) is 0 Å². The van der Waals surface area contributed by atoms with Crippen molar-refractivity contribution in [2.24, 2.45) is 5.10 Å². The van der Waals surface area contributed by atoms with Crippen molar-refractivity contribution in [3.63, 3.8) is 0 Å². The van der Waals surface area contributed by atoms with Gasteiger partial charge in [-0.25, -0.2) is 10.2 Å². The number of aryl methyl sites for hydroxylation is 1. The third-order valence-electron chi connectivity index (χ3n) is 1.33. The molecule has 0 aliphatic carbocycles. The molecule has 0 aromatic carbocycles. The van der Waals surface area contributed by atoms with Gasteiger partial charge in [-0.15, -0.1) is 11.3 Å². The summed E-state index contributed by atoms with van der Waals surface area (Å²) >= 11 is 1.64. The highest BCUT2D eigenvalue weighted by Gasteiger charge is 1.93. The molecule has 4 nitrogen and oxygen atoms in total. The number of amides is 1. The number of thiophene rings is 1. The van der Waals surface area contributed by atoms with Crippen molar-refractivity contribution in [2.75, 3.05) is 0 Å². The van der Waals surface area contributed by atoms with E-state index < -0.39 is 6.09 Å². The van der Waals surface area contributed by atoms with Gasteiger partial charge in [0.15, 0.2) is 0 Å². The summed E-state index contributed by atoms with van der Waals surface area (Å²) in [7, 11) is 0. The summed E-state index contributed by atoms with van der Waals surface area (Å²) in [5.74, 6) is 0. The molecule has 0 saturated carbocycles. The lowest BCUT2D eigenvalue weighted by Crippen LogP contribution is -2.13. The Morgan fingerprint density at radius 1 is 1.85 bits per heavy atom. The molecule has 0 aliphatic rings. The first kappa shape index (κ1) is 9.73. The van der Waals surface area contributed by atoms with E-state index in [2.05, 4.69) is 11.2 Å². The largest absolute Gasteiger partial charge is 0.464 e. The van der Waals surface area contributed by atoms with E-state index in [-0.39, 0.29) is 0 Å². The maximum atomic E-state index is 9.99. The van der Waals surface area contributed by atoms with Gasteiger partial charge in [-0.05, 0) is 23.9 Å². The van der Waals surface area contributed by atoms with Gasteiger partial charge in [0.25, 0.3) is 0 Å². The molecule has 13 heavy (non-hydrogen) atoms. The molecule has 1 aromatic heterocycles. The highest BCUT2D eigenvalue weighted by Crippen LogP contribution is 2.12. The standard InChI is InChI=1S/C8H10N2O2S/c1-6-4-7(13-5-6)2-3-9-10-8(11)12/h3-5,10H,2H2,1H3,(H,11,12)/b9-3+. The quantitative estimate of drug-likeness (QED) is 0.575. The number of hydrogen-bond donors (Lipinski definition) is 2. The van der Waals surface area contributed by atoms with Crippen molar-refractivity contribution in [2.45, 2.75) is 13.3 Å². The fourth-order valence-electron chi connectivity index (χ4n) is 0.834. The van der Waals surface area contributed by atoms with Crippen LogP contribution in [0.4, 0.5) is 4.79 Å². The van der Waals surface area contributed by atoms with Crippen molar-refractivity contribution in [3.8, 4) is 0 Å². The molecule has 1 amide bonds. The van der Waals surface area contributed by atoms with Crippen LogP contribution >= 0.6 is 11.3 Å². The lowest BCUT2D eigenvalue weighted by Gasteiger charge is -1.89. The zero-order valence-electron chi connectivity index (χ0n) is 7.15. The first-order valence-corrected chi connectivity index (χ1v) is 4.61. The molecule has 2 N–H and O–H groups in total. The Bertz CT molecular complexity index is 320. The van der Waals surface area contributed by atoms with Gasteiger partial charge in [0.2, 0.25) is 0 Å². The average molecular weight is 198 g/mol. The van der Waals surface area contributed by atoms with Gasteiger partial charge in [-0.1, -0.05) is 0 Å². The molecule has 0 fully saturated rings. The molecule has 0 unspecified atom stereocenters. The molecule has 0 aliphatic heterocycles. The molecular weight excluding hydrogens is 188 g/mol. The molecule has 0 radical (unpaired) electrons. The normalized spacial score (nSPS) is 10.5. The van der Waals surface area contributed by atoms with Crippen molar-refractivity contribution >= 4 is 23.6 Å². The first-order chi connectivity index (χ1) is 6.18. The lowest BCUT2D eigenvalue weighted by atomic mass is 10.3. The summed E-state index contributed by atoms with van der Waals surface area (Å²) in [5.41, 5.74) is 3.14.